The van der Waals surface area contributed by atoms with Gasteiger partial charge in [-0.25, -0.2) is 8.42 Å². The van der Waals surface area contributed by atoms with Crippen molar-refractivity contribution in [1.82, 2.24) is 10.2 Å². The van der Waals surface area contributed by atoms with Crippen LogP contribution in [0.1, 0.15) is 33.3 Å². The number of carbonyl (C=O) groups is 2. The van der Waals surface area contributed by atoms with Gasteiger partial charge in [-0.3, -0.25) is 13.9 Å². The summed E-state index contributed by atoms with van der Waals surface area (Å²) in [5.74, 6) is -0.954. The molecule has 7 nitrogen and oxygen atoms in total. The van der Waals surface area contributed by atoms with Crippen LogP contribution in [-0.4, -0.2) is 43.3 Å². The zero-order valence-electron chi connectivity index (χ0n) is 22.0. The molecule has 1 N–H and O–H groups in total. The van der Waals surface area contributed by atoms with Gasteiger partial charge in [0.05, 0.1) is 15.6 Å². The van der Waals surface area contributed by atoms with E-state index in [2.05, 4.69) is 21.2 Å². The molecule has 3 aromatic carbocycles. The van der Waals surface area contributed by atoms with Crippen molar-refractivity contribution in [2.45, 2.75) is 50.7 Å². The summed E-state index contributed by atoms with van der Waals surface area (Å²) in [6.45, 7) is 6.62. The van der Waals surface area contributed by atoms with Crippen LogP contribution < -0.4 is 9.62 Å². The van der Waals surface area contributed by atoms with E-state index in [0.29, 0.717) is 5.02 Å². The third-order valence-electron chi connectivity index (χ3n) is 5.70. The lowest BCUT2D eigenvalue weighted by molar-refractivity contribution is -0.140. The van der Waals surface area contributed by atoms with Crippen molar-refractivity contribution < 1.29 is 18.0 Å². The zero-order chi connectivity index (χ0) is 29.0. The Kier molecular flexibility index (Phi) is 10.1. The Balaban J connectivity index is 2.06. The normalized spacial score (nSPS) is 12.5. The number of nitrogens with one attached hydrogen (secondary N) is 1. The number of benzene rings is 3. The van der Waals surface area contributed by atoms with E-state index < -0.39 is 34.1 Å². The molecule has 0 bridgehead atoms. The van der Waals surface area contributed by atoms with Crippen LogP contribution in [0.4, 0.5) is 5.69 Å². The largest absolute Gasteiger partial charge is 0.350 e. The highest BCUT2D eigenvalue weighted by molar-refractivity contribution is 9.10. The quantitative estimate of drug-likeness (QED) is 0.294. The van der Waals surface area contributed by atoms with Gasteiger partial charge in [0.25, 0.3) is 10.0 Å². The number of anilines is 1. The molecule has 208 valence electrons. The molecule has 0 saturated carbocycles. The van der Waals surface area contributed by atoms with E-state index in [0.717, 1.165) is 14.3 Å². The molecule has 0 saturated heterocycles. The van der Waals surface area contributed by atoms with E-state index in [4.69, 9.17) is 23.2 Å². The van der Waals surface area contributed by atoms with Gasteiger partial charge in [-0.2, -0.15) is 0 Å². The number of sulfonamides is 1. The molecule has 0 heterocycles. The molecule has 39 heavy (non-hydrogen) atoms. The minimum absolute atomic E-state index is 0.0131. The third kappa shape index (κ3) is 8.20. The van der Waals surface area contributed by atoms with Gasteiger partial charge in [-0.1, -0.05) is 69.5 Å². The number of hydrogen-bond acceptors (Lipinski definition) is 4. The number of rotatable bonds is 9. The van der Waals surface area contributed by atoms with Crippen molar-refractivity contribution in [3.05, 3.63) is 92.9 Å². The predicted molar refractivity (Wildman–Crippen MR) is 159 cm³/mol. The van der Waals surface area contributed by atoms with Gasteiger partial charge < -0.3 is 10.2 Å². The fourth-order valence-electron chi connectivity index (χ4n) is 3.81. The highest BCUT2D eigenvalue weighted by atomic mass is 79.9. The Bertz CT molecular complexity index is 1450. The monoisotopic (exact) mass is 653 g/mol. The number of carbonyl (C=O) groups excluding carboxylic acids is 2. The lowest BCUT2D eigenvalue weighted by Gasteiger charge is -2.33. The number of halogens is 3. The fourth-order valence-corrected chi connectivity index (χ4v) is 6.27. The van der Waals surface area contributed by atoms with Gasteiger partial charge >= 0.3 is 0 Å². The maximum absolute atomic E-state index is 13.9. The first kappa shape index (κ1) is 30.9. The second-order valence-electron chi connectivity index (χ2n) is 9.99. The zero-order valence-corrected chi connectivity index (χ0v) is 25.9. The molecule has 1 atom stereocenters. The second-order valence-corrected chi connectivity index (χ2v) is 13.6. The molecular formula is C28H30BrCl2N3O4S. The van der Waals surface area contributed by atoms with E-state index >= 15 is 0 Å². The lowest BCUT2D eigenvalue weighted by Crippen LogP contribution is -2.54. The van der Waals surface area contributed by atoms with Crippen molar-refractivity contribution in [1.29, 1.82) is 0 Å². The Morgan fingerprint density at radius 1 is 0.974 bits per heavy atom. The summed E-state index contributed by atoms with van der Waals surface area (Å²) in [6.07, 6.45) is 0. The number of amides is 2. The van der Waals surface area contributed by atoms with Crippen LogP contribution in [0, 0.1) is 0 Å². The molecule has 0 aliphatic rings. The molecule has 0 aliphatic carbocycles. The van der Waals surface area contributed by atoms with Crippen molar-refractivity contribution >= 4 is 66.7 Å². The smallest absolute Gasteiger partial charge is 0.264 e. The van der Waals surface area contributed by atoms with Gasteiger partial charge in [0, 0.05) is 21.6 Å². The molecule has 2 amide bonds. The molecule has 0 radical (unpaired) electrons. The van der Waals surface area contributed by atoms with Gasteiger partial charge in [-0.15, -0.1) is 0 Å². The average Bonchev–Trinajstić information content (AvgIpc) is 2.85. The van der Waals surface area contributed by atoms with Gasteiger partial charge in [0.2, 0.25) is 11.8 Å². The number of hydrogen-bond donors (Lipinski definition) is 1. The van der Waals surface area contributed by atoms with Crippen molar-refractivity contribution in [3.8, 4) is 0 Å². The van der Waals surface area contributed by atoms with E-state index in [1.54, 1.807) is 25.1 Å². The van der Waals surface area contributed by atoms with Crippen LogP contribution in [0.5, 0.6) is 0 Å². The second kappa shape index (κ2) is 12.7. The maximum Gasteiger partial charge on any atom is 0.264 e. The minimum Gasteiger partial charge on any atom is -0.350 e. The summed E-state index contributed by atoms with van der Waals surface area (Å²) in [7, 11) is -4.22. The Labute approximate surface area is 248 Å². The van der Waals surface area contributed by atoms with E-state index in [1.807, 2.05) is 45.0 Å². The van der Waals surface area contributed by atoms with Crippen LogP contribution in [0.3, 0.4) is 0 Å². The molecule has 0 aliphatic heterocycles. The topological polar surface area (TPSA) is 86.8 Å². The van der Waals surface area contributed by atoms with Gasteiger partial charge in [0.1, 0.15) is 12.6 Å². The van der Waals surface area contributed by atoms with Crippen LogP contribution in [-0.2, 0) is 26.2 Å². The highest BCUT2D eigenvalue weighted by Gasteiger charge is 2.34. The third-order valence-corrected chi connectivity index (χ3v) is 8.50. The van der Waals surface area contributed by atoms with Gasteiger partial charge in [-0.05, 0) is 75.7 Å². The summed E-state index contributed by atoms with van der Waals surface area (Å²) in [5.41, 5.74) is 0.317. The first-order chi connectivity index (χ1) is 18.2. The summed E-state index contributed by atoms with van der Waals surface area (Å²) in [4.78, 5) is 28.4. The maximum atomic E-state index is 13.9. The molecule has 0 aromatic heterocycles. The minimum atomic E-state index is -4.22. The lowest BCUT2D eigenvalue weighted by atomic mass is 10.1. The van der Waals surface area contributed by atoms with Crippen LogP contribution >= 0.6 is 39.1 Å². The summed E-state index contributed by atoms with van der Waals surface area (Å²) < 4.78 is 29.4. The molecular weight excluding hydrogens is 625 g/mol. The van der Waals surface area contributed by atoms with E-state index in [1.165, 1.54) is 35.2 Å². The summed E-state index contributed by atoms with van der Waals surface area (Å²) >= 11 is 15.9. The average molecular weight is 655 g/mol. The van der Waals surface area contributed by atoms with Crippen molar-refractivity contribution in [3.63, 3.8) is 0 Å². The first-order valence-corrected chi connectivity index (χ1v) is 15.1. The van der Waals surface area contributed by atoms with Crippen LogP contribution in [0.25, 0.3) is 0 Å². The van der Waals surface area contributed by atoms with Gasteiger partial charge in [0.15, 0.2) is 0 Å². The molecule has 0 spiro atoms. The van der Waals surface area contributed by atoms with Crippen molar-refractivity contribution in [2.75, 3.05) is 10.8 Å². The molecule has 3 rings (SSSR count). The summed E-state index contributed by atoms with van der Waals surface area (Å²) in [6, 6.07) is 18.5. The molecule has 3 aromatic rings. The SMILES string of the molecule is C[C@H](C(=O)NC(C)(C)C)N(Cc1cccc(Br)c1)C(=O)CN(c1ccc(Cl)cc1Cl)S(=O)(=O)c1ccccc1. The summed E-state index contributed by atoms with van der Waals surface area (Å²) in [5, 5.41) is 3.28. The van der Waals surface area contributed by atoms with Crippen LogP contribution in [0.15, 0.2) is 82.2 Å². The molecule has 0 fully saturated rings. The Morgan fingerprint density at radius 2 is 1.64 bits per heavy atom. The predicted octanol–water partition coefficient (Wildman–Crippen LogP) is 6.28. The Hall–Kier alpha value is -2.59. The highest BCUT2D eigenvalue weighted by Crippen LogP contribution is 2.33. The van der Waals surface area contributed by atoms with Crippen LogP contribution in [0.2, 0.25) is 10.0 Å². The standard InChI is InChI=1S/C28H30BrCl2N3O4S/c1-19(27(36)32-28(2,3)4)33(17-20-9-8-10-21(29)15-20)26(35)18-34(25-14-13-22(30)16-24(25)31)39(37,38)23-11-6-5-7-12-23/h5-16,19H,17-18H2,1-4H3,(H,32,36)/t19-/m1/s1. The molecule has 11 heteroatoms. The Morgan fingerprint density at radius 3 is 2.23 bits per heavy atom. The fraction of sp³-hybridized carbons (Fsp3) is 0.286. The van der Waals surface area contributed by atoms with E-state index in [9.17, 15) is 18.0 Å². The molecule has 0 unspecified atom stereocenters. The first-order valence-electron chi connectivity index (χ1n) is 12.1. The number of nitrogens with zero attached hydrogens (tertiary/aromatic N) is 2. The van der Waals surface area contributed by atoms with E-state index in [-0.39, 0.29) is 28.1 Å². The van der Waals surface area contributed by atoms with Crippen molar-refractivity contribution in [2.24, 2.45) is 0 Å².